The summed E-state index contributed by atoms with van der Waals surface area (Å²) in [6, 6.07) is 7.75. The van der Waals surface area contributed by atoms with E-state index in [0.717, 1.165) is 24.3 Å². The highest BCUT2D eigenvalue weighted by atomic mass is 16.5. The molecule has 0 unspecified atom stereocenters. The molecule has 1 amide bonds. The maximum atomic E-state index is 11.8. The lowest BCUT2D eigenvalue weighted by molar-refractivity contribution is -0.121. The molecule has 0 radical (unpaired) electrons. The van der Waals surface area contributed by atoms with Crippen LogP contribution in [-0.2, 0) is 20.8 Å². The zero-order chi connectivity index (χ0) is 14.6. The van der Waals surface area contributed by atoms with Crippen molar-refractivity contribution in [1.29, 1.82) is 0 Å². The van der Waals surface area contributed by atoms with Crippen LogP contribution in [-0.4, -0.2) is 38.9 Å². The van der Waals surface area contributed by atoms with Gasteiger partial charge in [0.2, 0.25) is 5.91 Å². The number of benzene rings is 1. The molecule has 20 heavy (non-hydrogen) atoms. The maximum absolute atomic E-state index is 11.8. The summed E-state index contributed by atoms with van der Waals surface area (Å²) in [6.45, 7) is 7.25. The molecule has 0 saturated carbocycles. The zero-order valence-corrected chi connectivity index (χ0v) is 12.3. The number of nitrogens with one attached hydrogen (secondary N) is 2. The number of para-hydroxylation sites is 1. The molecule has 1 aromatic carbocycles. The van der Waals surface area contributed by atoms with Crippen LogP contribution >= 0.6 is 0 Å². The van der Waals surface area contributed by atoms with E-state index in [2.05, 4.69) is 10.6 Å². The molecule has 0 atom stereocenters. The van der Waals surface area contributed by atoms with Crippen LogP contribution < -0.4 is 10.6 Å². The van der Waals surface area contributed by atoms with Crippen LogP contribution in [0.4, 0.5) is 5.69 Å². The summed E-state index contributed by atoms with van der Waals surface area (Å²) in [6.07, 6.45) is 0. The van der Waals surface area contributed by atoms with Crippen molar-refractivity contribution in [2.45, 2.75) is 20.4 Å². The monoisotopic (exact) mass is 280 g/mol. The number of hydrogen-bond donors (Lipinski definition) is 2. The Balaban J connectivity index is 2.37. The minimum absolute atomic E-state index is 0.0443. The van der Waals surface area contributed by atoms with Crippen LogP contribution in [0.3, 0.4) is 0 Å². The average Bonchev–Trinajstić information content (AvgIpc) is 2.46. The number of hydrogen-bond acceptors (Lipinski definition) is 4. The summed E-state index contributed by atoms with van der Waals surface area (Å²) < 4.78 is 10.4. The summed E-state index contributed by atoms with van der Waals surface area (Å²) in [5.41, 5.74) is 1.89. The van der Waals surface area contributed by atoms with Crippen LogP contribution in [0, 0.1) is 0 Å². The molecular weight excluding hydrogens is 256 g/mol. The fourth-order valence-electron chi connectivity index (χ4n) is 1.67. The summed E-state index contributed by atoms with van der Waals surface area (Å²) in [5.74, 6) is -0.148. The fourth-order valence-corrected chi connectivity index (χ4v) is 1.67. The number of ether oxygens (including phenoxy) is 2. The molecule has 5 heteroatoms. The number of anilines is 1. The Morgan fingerprint density at radius 3 is 2.65 bits per heavy atom. The van der Waals surface area contributed by atoms with Crippen LogP contribution in [0.15, 0.2) is 24.3 Å². The third kappa shape index (κ3) is 6.65. The van der Waals surface area contributed by atoms with Gasteiger partial charge < -0.3 is 20.1 Å². The van der Waals surface area contributed by atoms with Gasteiger partial charge in [-0.25, -0.2) is 0 Å². The van der Waals surface area contributed by atoms with Gasteiger partial charge in [-0.15, -0.1) is 0 Å². The Morgan fingerprint density at radius 2 is 1.90 bits per heavy atom. The predicted molar refractivity (Wildman–Crippen MR) is 79.8 cm³/mol. The third-order valence-corrected chi connectivity index (χ3v) is 2.67. The zero-order valence-electron chi connectivity index (χ0n) is 12.3. The maximum Gasteiger partial charge on any atom is 0.250 e. The molecule has 112 valence electrons. The average molecular weight is 280 g/mol. The van der Waals surface area contributed by atoms with E-state index < -0.39 is 0 Å². The van der Waals surface area contributed by atoms with Crippen molar-refractivity contribution in [2.24, 2.45) is 0 Å². The number of rotatable bonds is 10. The highest BCUT2D eigenvalue weighted by molar-refractivity contribution is 5.92. The van der Waals surface area contributed by atoms with Crippen molar-refractivity contribution >= 4 is 11.6 Å². The Labute approximate surface area is 120 Å². The van der Waals surface area contributed by atoms with Crippen molar-refractivity contribution in [3.63, 3.8) is 0 Å². The Hall–Kier alpha value is -1.43. The highest BCUT2D eigenvalue weighted by Crippen LogP contribution is 2.14. The second-order valence-corrected chi connectivity index (χ2v) is 4.24. The summed E-state index contributed by atoms with van der Waals surface area (Å²) in [4.78, 5) is 11.8. The largest absolute Gasteiger partial charge is 0.379 e. The van der Waals surface area contributed by atoms with Crippen molar-refractivity contribution in [3.05, 3.63) is 29.8 Å². The van der Waals surface area contributed by atoms with E-state index in [4.69, 9.17) is 9.47 Å². The SMILES string of the molecule is CCNCc1ccccc1NC(=O)COCCOCC. The molecule has 1 rings (SSSR count). The van der Waals surface area contributed by atoms with Gasteiger partial charge in [0.25, 0.3) is 0 Å². The van der Waals surface area contributed by atoms with E-state index >= 15 is 0 Å². The van der Waals surface area contributed by atoms with E-state index in [-0.39, 0.29) is 12.5 Å². The fraction of sp³-hybridized carbons (Fsp3) is 0.533. The normalized spacial score (nSPS) is 10.5. The first-order valence-corrected chi connectivity index (χ1v) is 7.01. The van der Waals surface area contributed by atoms with E-state index in [1.54, 1.807) is 0 Å². The van der Waals surface area contributed by atoms with Gasteiger partial charge in [-0.1, -0.05) is 25.1 Å². The molecule has 2 N–H and O–H groups in total. The summed E-state index contributed by atoms with van der Waals surface area (Å²) in [7, 11) is 0. The molecule has 0 aromatic heterocycles. The topological polar surface area (TPSA) is 59.6 Å². The van der Waals surface area contributed by atoms with Gasteiger partial charge in [-0.2, -0.15) is 0 Å². The van der Waals surface area contributed by atoms with Gasteiger partial charge in [-0.05, 0) is 25.1 Å². The van der Waals surface area contributed by atoms with Crippen LogP contribution in [0.1, 0.15) is 19.4 Å². The van der Waals surface area contributed by atoms with E-state index in [0.29, 0.717) is 19.8 Å². The first kappa shape index (κ1) is 16.6. The lowest BCUT2D eigenvalue weighted by Gasteiger charge is -2.11. The molecular formula is C15H24N2O3. The Morgan fingerprint density at radius 1 is 1.15 bits per heavy atom. The standard InChI is InChI=1S/C15H24N2O3/c1-3-16-11-13-7-5-6-8-14(13)17-15(18)12-20-10-9-19-4-2/h5-8,16H,3-4,9-12H2,1-2H3,(H,17,18). The van der Waals surface area contributed by atoms with Gasteiger partial charge >= 0.3 is 0 Å². The van der Waals surface area contributed by atoms with Crippen molar-refractivity contribution in [3.8, 4) is 0 Å². The Kier molecular flexibility index (Phi) is 8.62. The van der Waals surface area contributed by atoms with Crippen LogP contribution in [0.5, 0.6) is 0 Å². The Bertz CT molecular complexity index is 396. The molecule has 5 nitrogen and oxygen atoms in total. The molecule has 0 aliphatic heterocycles. The molecule has 0 bridgehead atoms. The quantitative estimate of drug-likeness (QED) is 0.642. The molecule has 0 heterocycles. The minimum Gasteiger partial charge on any atom is -0.379 e. The van der Waals surface area contributed by atoms with Crippen molar-refractivity contribution in [1.82, 2.24) is 5.32 Å². The van der Waals surface area contributed by atoms with E-state index in [9.17, 15) is 4.79 Å². The molecule has 0 aliphatic carbocycles. The molecule has 0 spiro atoms. The molecule has 0 aliphatic rings. The first-order chi connectivity index (χ1) is 9.77. The van der Waals surface area contributed by atoms with Crippen LogP contribution in [0.25, 0.3) is 0 Å². The smallest absolute Gasteiger partial charge is 0.250 e. The molecule has 0 saturated heterocycles. The van der Waals surface area contributed by atoms with Gasteiger partial charge in [0.1, 0.15) is 6.61 Å². The second kappa shape index (κ2) is 10.4. The van der Waals surface area contributed by atoms with Crippen LogP contribution in [0.2, 0.25) is 0 Å². The van der Waals surface area contributed by atoms with Gasteiger partial charge in [0.15, 0.2) is 0 Å². The lowest BCUT2D eigenvalue weighted by Crippen LogP contribution is -2.21. The second-order valence-electron chi connectivity index (χ2n) is 4.24. The first-order valence-electron chi connectivity index (χ1n) is 7.01. The molecule has 1 aromatic rings. The van der Waals surface area contributed by atoms with Gasteiger partial charge in [0, 0.05) is 18.8 Å². The van der Waals surface area contributed by atoms with E-state index in [1.807, 2.05) is 38.1 Å². The third-order valence-electron chi connectivity index (χ3n) is 2.67. The molecule has 0 fully saturated rings. The number of amides is 1. The van der Waals surface area contributed by atoms with Crippen molar-refractivity contribution in [2.75, 3.05) is 38.3 Å². The van der Waals surface area contributed by atoms with Crippen molar-refractivity contribution < 1.29 is 14.3 Å². The number of carbonyl (C=O) groups is 1. The highest BCUT2D eigenvalue weighted by Gasteiger charge is 2.06. The lowest BCUT2D eigenvalue weighted by atomic mass is 10.1. The summed E-state index contributed by atoms with van der Waals surface area (Å²) in [5, 5.41) is 6.11. The minimum atomic E-state index is -0.148. The predicted octanol–water partition coefficient (Wildman–Crippen LogP) is 1.79. The van der Waals surface area contributed by atoms with Gasteiger partial charge in [-0.3, -0.25) is 4.79 Å². The summed E-state index contributed by atoms with van der Waals surface area (Å²) >= 11 is 0. The van der Waals surface area contributed by atoms with Gasteiger partial charge in [0.05, 0.1) is 13.2 Å². The van der Waals surface area contributed by atoms with E-state index in [1.165, 1.54) is 0 Å². The number of carbonyl (C=O) groups excluding carboxylic acids is 1.